The van der Waals surface area contributed by atoms with Crippen molar-refractivity contribution < 1.29 is 18.7 Å². The predicted octanol–water partition coefficient (Wildman–Crippen LogP) is 1.95. The minimum absolute atomic E-state index is 0.275. The van der Waals surface area contributed by atoms with Crippen molar-refractivity contribution in [1.82, 2.24) is 5.32 Å². The number of thioether (sulfide) groups is 1. The van der Waals surface area contributed by atoms with Crippen LogP contribution in [0.5, 0.6) is 5.75 Å². The van der Waals surface area contributed by atoms with E-state index in [2.05, 4.69) is 5.32 Å². The largest absolute Gasteiger partial charge is 0.494 e. The van der Waals surface area contributed by atoms with Crippen molar-refractivity contribution >= 4 is 22.9 Å². The molecule has 2 amide bonds. The molecular formula is C11H10FNO3S. The average molecular weight is 255 g/mol. The predicted molar refractivity (Wildman–Crippen MR) is 61.4 cm³/mol. The lowest BCUT2D eigenvalue weighted by molar-refractivity contribution is -0.119. The van der Waals surface area contributed by atoms with E-state index in [1.54, 1.807) is 0 Å². The molecule has 0 saturated carbocycles. The molecule has 0 aromatic heterocycles. The summed E-state index contributed by atoms with van der Waals surface area (Å²) in [6.07, 6.45) is 0.444. The third kappa shape index (κ3) is 3.20. The van der Waals surface area contributed by atoms with Crippen LogP contribution in [0.15, 0.2) is 24.3 Å². The van der Waals surface area contributed by atoms with Gasteiger partial charge in [-0.15, -0.1) is 0 Å². The standard InChI is InChI=1S/C11H10FNO3S/c12-7-1-3-8(4-2-7)16-6-5-9-10(14)13-11(15)17-9/h1-4,9H,5-6H2,(H,13,14,15). The third-order valence-corrected chi connectivity index (χ3v) is 3.28. The summed E-state index contributed by atoms with van der Waals surface area (Å²) in [5.74, 6) is -0.0579. The molecule has 17 heavy (non-hydrogen) atoms. The lowest BCUT2D eigenvalue weighted by Gasteiger charge is -2.07. The Hall–Kier alpha value is -1.56. The van der Waals surface area contributed by atoms with E-state index in [0.29, 0.717) is 18.8 Å². The quantitative estimate of drug-likeness (QED) is 0.893. The van der Waals surface area contributed by atoms with Gasteiger partial charge in [0.25, 0.3) is 5.24 Å². The zero-order valence-electron chi connectivity index (χ0n) is 8.81. The van der Waals surface area contributed by atoms with Gasteiger partial charge < -0.3 is 4.74 Å². The zero-order chi connectivity index (χ0) is 12.3. The molecule has 0 radical (unpaired) electrons. The number of nitrogens with one attached hydrogen (secondary N) is 1. The molecule has 1 N–H and O–H groups in total. The molecule has 1 saturated heterocycles. The van der Waals surface area contributed by atoms with Crippen molar-refractivity contribution in [3.8, 4) is 5.75 Å². The number of hydrogen-bond acceptors (Lipinski definition) is 4. The fourth-order valence-electron chi connectivity index (χ4n) is 1.40. The normalized spacial score (nSPS) is 19.2. The van der Waals surface area contributed by atoms with Crippen molar-refractivity contribution in [3.05, 3.63) is 30.1 Å². The first-order valence-corrected chi connectivity index (χ1v) is 5.93. The summed E-state index contributed by atoms with van der Waals surface area (Å²) in [6, 6.07) is 5.64. The minimum atomic E-state index is -0.386. The van der Waals surface area contributed by atoms with Crippen LogP contribution in [0.2, 0.25) is 0 Å². The molecule has 1 fully saturated rings. The van der Waals surface area contributed by atoms with Gasteiger partial charge in [-0.05, 0) is 24.3 Å². The zero-order valence-corrected chi connectivity index (χ0v) is 9.63. The fraction of sp³-hybridized carbons (Fsp3) is 0.273. The highest BCUT2D eigenvalue weighted by Gasteiger charge is 2.31. The van der Waals surface area contributed by atoms with E-state index in [9.17, 15) is 14.0 Å². The lowest BCUT2D eigenvalue weighted by Crippen LogP contribution is -2.25. The summed E-state index contributed by atoms with van der Waals surface area (Å²) in [4.78, 5) is 22.1. The molecule has 90 valence electrons. The van der Waals surface area contributed by atoms with Crippen LogP contribution in [0.4, 0.5) is 9.18 Å². The highest BCUT2D eigenvalue weighted by Crippen LogP contribution is 2.22. The topological polar surface area (TPSA) is 55.4 Å². The molecule has 1 aliphatic rings. The van der Waals surface area contributed by atoms with Gasteiger partial charge in [-0.25, -0.2) is 4.39 Å². The van der Waals surface area contributed by atoms with Crippen molar-refractivity contribution in [3.63, 3.8) is 0 Å². The lowest BCUT2D eigenvalue weighted by atomic mass is 10.3. The van der Waals surface area contributed by atoms with E-state index in [4.69, 9.17) is 4.74 Å². The van der Waals surface area contributed by atoms with Crippen LogP contribution in [-0.2, 0) is 4.79 Å². The maximum atomic E-state index is 12.6. The molecule has 1 unspecified atom stereocenters. The van der Waals surface area contributed by atoms with E-state index in [1.807, 2.05) is 0 Å². The SMILES string of the molecule is O=C1NC(=O)C(CCOc2ccc(F)cc2)S1. The second-order valence-corrected chi connectivity index (χ2v) is 4.65. The van der Waals surface area contributed by atoms with Gasteiger partial charge in [-0.3, -0.25) is 14.9 Å². The highest BCUT2D eigenvalue weighted by molar-refractivity contribution is 8.15. The monoisotopic (exact) mass is 255 g/mol. The van der Waals surface area contributed by atoms with Gasteiger partial charge in [0.2, 0.25) is 5.91 Å². The second-order valence-electron chi connectivity index (χ2n) is 3.47. The van der Waals surface area contributed by atoms with Crippen LogP contribution in [0.1, 0.15) is 6.42 Å². The van der Waals surface area contributed by atoms with Gasteiger partial charge in [-0.2, -0.15) is 0 Å². The molecule has 0 spiro atoms. The third-order valence-electron chi connectivity index (χ3n) is 2.23. The first-order chi connectivity index (χ1) is 8.15. The number of benzene rings is 1. The maximum Gasteiger partial charge on any atom is 0.286 e. The molecule has 1 aromatic carbocycles. The summed E-state index contributed by atoms with van der Waals surface area (Å²) in [5, 5.41) is 1.50. The Labute approximate surface area is 102 Å². The first kappa shape index (κ1) is 11.9. The van der Waals surface area contributed by atoms with Crippen LogP contribution >= 0.6 is 11.8 Å². The molecular weight excluding hydrogens is 245 g/mol. The Kier molecular flexibility index (Phi) is 3.63. The van der Waals surface area contributed by atoms with E-state index < -0.39 is 0 Å². The summed E-state index contributed by atoms with van der Waals surface area (Å²) < 4.78 is 17.9. The van der Waals surface area contributed by atoms with Crippen molar-refractivity contribution in [2.75, 3.05) is 6.61 Å². The Balaban J connectivity index is 1.78. The van der Waals surface area contributed by atoms with E-state index in [1.165, 1.54) is 24.3 Å². The number of carbonyl (C=O) groups excluding carboxylic acids is 2. The number of carbonyl (C=O) groups is 2. The molecule has 1 heterocycles. The Bertz CT molecular complexity index is 435. The van der Waals surface area contributed by atoms with Crippen LogP contribution in [0.25, 0.3) is 0 Å². The van der Waals surface area contributed by atoms with Gasteiger partial charge in [-0.1, -0.05) is 11.8 Å². The molecule has 4 nitrogen and oxygen atoms in total. The smallest absolute Gasteiger partial charge is 0.286 e. The molecule has 2 rings (SSSR count). The van der Waals surface area contributed by atoms with Gasteiger partial charge in [0, 0.05) is 6.42 Å². The van der Waals surface area contributed by atoms with E-state index in [-0.39, 0.29) is 22.2 Å². The van der Waals surface area contributed by atoms with Crippen molar-refractivity contribution in [1.29, 1.82) is 0 Å². The Morgan fingerprint density at radius 3 is 2.59 bits per heavy atom. The summed E-state index contributed by atoms with van der Waals surface area (Å²) in [6.45, 7) is 0.310. The number of amides is 2. The molecule has 1 aliphatic heterocycles. The van der Waals surface area contributed by atoms with E-state index >= 15 is 0 Å². The molecule has 1 atom stereocenters. The van der Waals surface area contributed by atoms with Crippen LogP contribution < -0.4 is 10.1 Å². The number of ether oxygens (including phenoxy) is 1. The van der Waals surface area contributed by atoms with Gasteiger partial charge in [0.15, 0.2) is 0 Å². The minimum Gasteiger partial charge on any atom is -0.494 e. The van der Waals surface area contributed by atoms with Gasteiger partial charge in [0.05, 0.1) is 11.9 Å². The number of rotatable bonds is 4. The van der Waals surface area contributed by atoms with Crippen LogP contribution in [0, 0.1) is 5.82 Å². The fourth-order valence-corrected chi connectivity index (χ4v) is 2.20. The Morgan fingerprint density at radius 1 is 1.29 bits per heavy atom. The first-order valence-electron chi connectivity index (χ1n) is 5.05. The van der Waals surface area contributed by atoms with Crippen molar-refractivity contribution in [2.24, 2.45) is 0 Å². The maximum absolute atomic E-state index is 12.6. The number of imide groups is 1. The van der Waals surface area contributed by atoms with Gasteiger partial charge >= 0.3 is 0 Å². The van der Waals surface area contributed by atoms with Crippen molar-refractivity contribution in [2.45, 2.75) is 11.7 Å². The second kappa shape index (κ2) is 5.18. The van der Waals surface area contributed by atoms with Crippen LogP contribution in [0.3, 0.4) is 0 Å². The van der Waals surface area contributed by atoms with Gasteiger partial charge in [0.1, 0.15) is 11.6 Å². The molecule has 6 heteroatoms. The number of halogens is 1. The highest BCUT2D eigenvalue weighted by atomic mass is 32.2. The molecule has 1 aromatic rings. The summed E-state index contributed by atoms with van der Waals surface area (Å²) in [7, 11) is 0. The molecule has 0 bridgehead atoms. The summed E-state index contributed by atoms with van der Waals surface area (Å²) in [5.41, 5.74) is 0. The summed E-state index contributed by atoms with van der Waals surface area (Å²) >= 11 is 0.972. The number of hydrogen-bond donors (Lipinski definition) is 1. The Morgan fingerprint density at radius 2 is 2.00 bits per heavy atom. The van der Waals surface area contributed by atoms with Crippen LogP contribution in [-0.4, -0.2) is 23.0 Å². The van der Waals surface area contributed by atoms with E-state index in [0.717, 1.165) is 11.8 Å². The average Bonchev–Trinajstić information content (AvgIpc) is 2.60. The molecule has 0 aliphatic carbocycles.